The Morgan fingerprint density at radius 1 is 1.09 bits per heavy atom. The van der Waals surface area contributed by atoms with Gasteiger partial charge in [-0.25, -0.2) is 4.79 Å². The number of unbranched alkanes of at least 4 members (excludes halogenated alkanes) is 1. The van der Waals surface area contributed by atoms with Gasteiger partial charge < -0.3 is 4.42 Å². The number of hydrogen-bond donors (Lipinski definition) is 1. The molecule has 1 aliphatic rings. The highest BCUT2D eigenvalue weighted by atomic mass is 16.4. The van der Waals surface area contributed by atoms with Crippen LogP contribution < -0.4 is 10.9 Å². The molecule has 5 heteroatoms. The van der Waals surface area contributed by atoms with E-state index in [4.69, 9.17) is 4.42 Å². The Kier molecular flexibility index (Phi) is 4.10. The van der Waals surface area contributed by atoms with Crippen LogP contribution in [0.3, 0.4) is 0 Å². The third-order valence-electron chi connectivity index (χ3n) is 3.95. The topological polar surface area (TPSA) is 76.4 Å². The maximum absolute atomic E-state index is 12.5. The monoisotopic (exact) mass is 311 g/mol. The fourth-order valence-corrected chi connectivity index (χ4v) is 2.90. The van der Waals surface area contributed by atoms with Crippen LogP contribution in [-0.2, 0) is 17.6 Å². The van der Waals surface area contributed by atoms with Crippen LogP contribution in [0.4, 0.5) is 0 Å². The van der Waals surface area contributed by atoms with Crippen molar-refractivity contribution in [3.8, 4) is 11.1 Å². The second kappa shape index (κ2) is 6.20. The molecular weight excluding hydrogens is 294 g/mol. The van der Waals surface area contributed by atoms with Crippen LogP contribution in [0.15, 0.2) is 39.5 Å². The molecular formula is C18H17NO4. The minimum absolute atomic E-state index is 0.0789. The van der Waals surface area contributed by atoms with Gasteiger partial charge in [-0.1, -0.05) is 43.7 Å². The Bertz CT molecular complexity index is 821. The molecule has 3 rings (SSSR count). The summed E-state index contributed by atoms with van der Waals surface area (Å²) in [5.41, 5.74) is 1.66. The van der Waals surface area contributed by atoms with Crippen LogP contribution in [0, 0.1) is 0 Å². The van der Waals surface area contributed by atoms with Crippen LogP contribution in [0.25, 0.3) is 11.1 Å². The van der Waals surface area contributed by atoms with E-state index in [2.05, 4.69) is 5.32 Å². The molecule has 0 fully saturated rings. The van der Waals surface area contributed by atoms with E-state index < -0.39 is 17.4 Å². The molecule has 0 radical (unpaired) electrons. The van der Waals surface area contributed by atoms with Gasteiger partial charge in [0.2, 0.25) is 5.91 Å². The largest absolute Gasteiger partial charge is 0.426 e. The molecule has 5 nitrogen and oxygen atoms in total. The maximum Gasteiger partial charge on any atom is 0.344 e. The predicted octanol–water partition coefficient (Wildman–Crippen LogP) is 2.46. The minimum atomic E-state index is -0.497. The summed E-state index contributed by atoms with van der Waals surface area (Å²) in [4.78, 5) is 36.3. The van der Waals surface area contributed by atoms with Gasteiger partial charge in [0, 0.05) is 0 Å². The number of nitrogens with one attached hydrogen (secondary N) is 1. The van der Waals surface area contributed by atoms with Gasteiger partial charge in [-0.15, -0.1) is 0 Å². The first-order chi connectivity index (χ1) is 11.1. The van der Waals surface area contributed by atoms with E-state index in [0.717, 1.165) is 18.4 Å². The van der Waals surface area contributed by atoms with E-state index in [1.165, 1.54) is 0 Å². The smallest absolute Gasteiger partial charge is 0.344 e. The molecule has 0 bridgehead atoms. The van der Waals surface area contributed by atoms with E-state index in [1.807, 2.05) is 37.3 Å². The van der Waals surface area contributed by atoms with Crippen molar-refractivity contribution in [2.75, 3.05) is 0 Å². The van der Waals surface area contributed by atoms with Crippen LogP contribution in [-0.4, -0.2) is 11.8 Å². The summed E-state index contributed by atoms with van der Waals surface area (Å²) in [5, 5.41) is 2.31. The number of fused-ring (bicyclic) bond motifs is 1. The van der Waals surface area contributed by atoms with Gasteiger partial charge in [0.25, 0.3) is 5.91 Å². The summed E-state index contributed by atoms with van der Waals surface area (Å²) in [6.45, 7) is 2.05. The molecule has 0 spiro atoms. The molecule has 1 N–H and O–H groups in total. The zero-order chi connectivity index (χ0) is 16.4. The van der Waals surface area contributed by atoms with Crippen molar-refractivity contribution in [2.45, 2.75) is 32.6 Å². The van der Waals surface area contributed by atoms with Crippen LogP contribution in [0.1, 0.15) is 41.4 Å². The number of imide groups is 1. The van der Waals surface area contributed by atoms with Gasteiger partial charge in [-0.2, -0.15) is 0 Å². The van der Waals surface area contributed by atoms with Gasteiger partial charge in [-0.05, 0) is 24.0 Å². The summed E-state index contributed by atoms with van der Waals surface area (Å²) in [5.74, 6) is -0.752. The van der Waals surface area contributed by atoms with E-state index in [9.17, 15) is 14.4 Å². The quantitative estimate of drug-likeness (QED) is 0.880. The zero-order valence-electron chi connectivity index (χ0n) is 12.8. The molecule has 0 unspecified atom stereocenters. The normalized spacial score (nSPS) is 13.6. The predicted molar refractivity (Wildman–Crippen MR) is 85.2 cm³/mol. The van der Waals surface area contributed by atoms with Crippen molar-refractivity contribution in [1.82, 2.24) is 5.32 Å². The number of carbonyl (C=O) groups is 2. The minimum Gasteiger partial charge on any atom is -0.426 e. The first-order valence-electron chi connectivity index (χ1n) is 7.70. The third-order valence-corrected chi connectivity index (χ3v) is 3.95. The summed E-state index contributed by atoms with van der Waals surface area (Å²) >= 11 is 0. The molecule has 1 aliphatic heterocycles. The van der Waals surface area contributed by atoms with Crippen LogP contribution in [0.2, 0.25) is 0 Å². The number of hydrogen-bond acceptors (Lipinski definition) is 4. The lowest BCUT2D eigenvalue weighted by Crippen LogP contribution is -2.39. The lowest BCUT2D eigenvalue weighted by molar-refractivity contribution is -0.120. The highest BCUT2D eigenvalue weighted by molar-refractivity contribution is 6.10. The van der Waals surface area contributed by atoms with Crippen molar-refractivity contribution >= 4 is 11.8 Å². The molecule has 0 saturated heterocycles. The van der Waals surface area contributed by atoms with E-state index in [-0.39, 0.29) is 12.2 Å². The fourth-order valence-electron chi connectivity index (χ4n) is 2.90. The van der Waals surface area contributed by atoms with Gasteiger partial charge in [0.1, 0.15) is 5.76 Å². The first-order valence-corrected chi connectivity index (χ1v) is 7.70. The number of benzene rings is 1. The summed E-state index contributed by atoms with van der Waals surface area (Å²) in [6.07, 6.45) is 2.29. The third kappa shape index (κ3) is 2.82. The number of rotatable bonds is 4. The molecule has 0 atom stereocenters. The van der Waals surface area contributed by atoms with Crippen LogP contribution >= 0.6 is 0 Å². The van der Waals surface area contributed by atoms with Crippen molar-refractivity contribution in [1.29, 1.82) is 0 Å². The second-order valence-electron chi connectivity index (χ2n) is 5.56. The van der Waals surface area contributed by atoms with E-state index in [0.29, 0.717) is 23.1 Å². The summed E-state index contributed by atoms with van der Waals surface area (Å²) in [7, 11) is 0. The molecule has 2 aromatic rings. The molecule has 2 heterocycles. The highest BCUT2D eigenvalue weighted by Gasteiger charge is 2.30. The second-order valence-corrected chi connectivity index (χ2v) is 5.56. The average molecular weight is 311 g/mol. The van der Waals surface area contributed by atoms with Crippen molar-refractivity contribution < 1.29 is 14.0 Å². The molecule has 23 heavy (non-hydrogen) atoms. The van der Waals surface area contributed by atoms with Crippen molar-refractivity contribution in [3.05, 3.63) is 57.6 Å². The van der Waals surface area contributed by atoms with Gasteiger partial charge in [0.15, 0.2) is 0 Å². The maximum atomic E-state index is 12.5. The molecule has 0 saturated carbocycles. The van der Waals surface area contributed by atoms with E-state index >= 15 is 0 Å². The molecule has 1 aromatic heterocycles. The Hall–Kier alpha value is -2.69. The van der Waals surface area contributed by atoms with Crippen LogP contribution in [0.5, 0.6) is 0 Å². The first kappa shape index (κ1) is 15.2. The van der Waals surface area contributed by atoms with E-state index in [1.54, 1.807) is 0 Å². The molecule has 2 amide bonds. The summed E-state index contributed by atoms with van der Waals surface area (Å²) in [6, 6.07) is 9.17. The molecule has 118 valence electrons. The Morgan fingerprint density at radius 2 is 1.83 bits per heavy atom. The molecule has 0 aliphatic carbocycles. The average Bonchev–Trinajstić information content (AvgIpc) is 2.52. The lowest BCUT2D eigenvalue weighted by atomic mass is 9.91. The Morgan fingerprint density at radius 3 is 2.52 bits per heavy atom. The van der Waals surface area contributed by atoms with Gasteiger partial charge in [0.05, 0.1) is 17.5 Å². The highest BCUT2D eigenvalue weighted by Crippen LogP contribution is 2.28. The summed E-state index contributed by atoms with van der Waals surface area (Å²) < 4.78 is 5.31. The Labute approximate surface area is 133 Å². The number of carbonyl (C=O) groups excluding carboxylic acids is 2. The zero-order valence-corrected chi connectivity index (χ0v) is 12.8. The Balaban J connectivity index is 2.27. The fraction of sp³-hybridized carbons (Fsp3) is 0.278. The van der Waals surface area contributed by atoms with Crippen molar-refractivity contribution in [3.63, 3.8) is 0 Å². The number of amides is 2. The van der Waals surface area contributed by atoms with Gasteiger partial charge in [-0.3, -0.25) is 14.9 Å². The van der Waals surface area contributed by atoms with Crippen molar-refractivity contribution in [2.24, 2.45) is 0 Å². The molecule has 1 aromatic carbocycles. The standard InChI is InChI=1S/C18H17NO4/c1-2-3-9-12-15(11-7-5-4-6-8-11)18(22)23-13-10-14(20)19-17(21)16(12)13/h4-8H,2-3,9-10H2,1H3,(H,19,20,21). The SMILES string of the molecule is CCCCc1c2c(oc(=O)c1-c1ccccc1)CC(=O)NC2=O. The van der Waals surface area contributed by atoms with Gasteiger partial charge >= 0.3 is 5.63 Å². The lowest BCUT2D eigenvalue weighted by Gasteiger charge is -2.19.